The Kier molecular flexibility index (Phi) is 5.04. The summed E-state index contributed by atoms with van der Waals surface area (Å²) in [5.74, 6) is 0.580. The number of thiazole rings is 1. The van der Waals surface area contributed by atoms with Crippen LogP contribution in [-0.2, 0) is 16.8 Å². The van der Waals surface area contributed by atoms with Gasteiger partial charge in [-0.2, -0.15) is 10.2 Å². The number of hydrogen-bond donors (Lipinski definition) is 1. The number of carboxylic acids is 1. The lowest BCUT2D eigenvalue weighted by molar-refractivity contribution is -0.146. The molecule has 10 heteroatoms. The molecule has 0 saturated carbocycles. The topological polar surface area (TPSA) is 108 Å². The number of fused-ring (bicyclic) bond motifs is 3. The van der Waals surface area contributed by atoms with Gasteiger partial charge < -0.3 is 9.84 Å². The van der Waals surface area contributed by atoms with Crippen molar-refractivity contribution in [3.8, 4) is 39.0 Å². The predicted octanol–water partition coefficient (Wildman–Crippen LogP) is 4.27. The molecule has 0 saturated heterocycles. The first-order valence-electron chi connectivity index (χ1n) is 10.7. The summed E-state index contributed by atoms with van der Waals surface area (Å²) in [6, 6.07) is 6.15. The lowest BCUT2D eigenvalue weighted by Gasteiger charge is -2.19. The van der Waals surface area contributed by atoms with Gasteiger partial charge in [-0.25, -0.2) is 19.4 Å². The van der Waals surface area contributed by atoms with Crippen LogP contribution in [0.2, 0.25) is 0 Å². The summed E-state index contributed by atoms with van der Waals surface area (Å²) < 4.78 is 9.42. The van der Waals surface area contributed by atoms with Crippen molar-refractivity contribution in [2.75, 3.05) is 6.61 Å². The van der Waals surface area contributed by atoms with Crippen molar-refractivity contribution in [3.63, 3.8) is 0 Å². The molecule has 0 fully saturated rings. The van der Waals surface area contributed by atoms with Crippen LogP contribution in [0.5, 0.6) is 5.75 Å². The molecule has 0 atom stereocenters. The molecule has 3 aromatic heterocycles. The molecule has 0 spiro atoms. The van der Waals surface area contributed by atoms with E-state index in [0.29, 0.717) is 6.61 Å². The van der Waals surface area contributed by atoms with E-state index in [2.05, 4.69) is 29.0 Å². The van der Waals surface area contributed by atoms with Gasteiger partial charge in [0.05, 0.1) is 18.5 Å². The van der Waals surface area contributed by atoms with E-state index in [1.165, 1.54) is 4.68 Å². The summed E-state index contributed by atoms with van der Waals surface area (Å²) in [4.78, 5) is 22.1. The maximum Gasteiger partial charge on any atom is 0.331 e. The monoisotopic (exact) mass is 464 g/mol. The van der Waals surface area contributed by atoms with Gasteiger partial charge in [0, 0.05) is 34.7 Å². The molecule has 0 radical (unpaired) electrons. The minimum atomic E-state index is -1.14. The fraction of sp³-hybridized carbons (Fsp3) is 0.348. The van der Waals surface area contributed by atoms with Crippen molar-refractivity contribution in [1.82, 2.24) is 29.5 Å². The van der Waals surface area contributed by atoms with Gasteiger partial charge in [0.1, 0.15) is 12.1 Å². The van der Waals surface area contributed by atoms with Crippen LogP contribution < -0.4 is 4.74 Å². The van der Waals surface area contributed by atoms with Crippen molar-refractivity contribution in [1.29, 1.82) is 0 Å². The van der Waals surface area contributed by atoms with Crippen molar-refractivity contribution in [2.45, 2.75) is 45.7 Å². The number of aromatic nitrogens is 6. The Morgan fingerprint density at radius 3 is 2.82 bits per heavy atom. The maximum atomic E-state index is 11.6. The Morgan fingerprint density at radius 1 is 1.24 bits per heavy atom. The second-order valence-electron chi connectivity index (χ2n) is 8.76. The zero-order valence-electron chi connectivity index (χ0n) is 18.8. The molecule has 170 valence electrons. The highest BCUT2D eigenvalue weighted by atomic mass is 32.1. The third-order valence-electron chi connectivity index (χ3n) is 5.79. The first-order chi connectivity index (χ1) is 15.8. The standard InChI is InChI=1S/C23H24N6O3S/c1-13(2)29-20(24-12-26-29)21-27-19-16-6-5-14(9-17(16)32-8-7-18(19)33-21)15-10-25-28(11-15)23(3,4)22(30)31/h5-6,9-13H,7-8H2,1-4H3,(H,30,31). The molecule has 1 aliphatic heterocycles. The number of benzene rings is 1. The Balaban J connectivity index is 1.53. The molecular formula is C23H24N6O3S. The van der Waals surface area contributed by atoms with E-state index in [4.69, 9.17) is 9.72 Å². The van der Waals surface area contributed by atoms with Gasteiger partial charge in [-0.3, -0.25) is 4.68 Å². The van der Waals surface area contributed by atoms with Gasteiger partial charge in [-0.15, -0.1) is 11.3 Å². The highest BCUT2D eigenvalue weighted by Gasteiger charge is 2.30. The summed E-state index contributed by atoms with van der Waals surface area (Å²) >= 11 is 1.63. The van der Waals surface area contributed by atoms with Gasteiger partial charge >= 0.3 is 5.97 Å². The van der Waals surface area contributed by atoms with Gasteiger partial charge in [0.2, 0.25) is 0 Å². The number of nitrogens with zero attached hydrogens (tertiary/aromatic N) is 6. The number of aliphatic carboxylic acids is 1. The molecule has 0 unspecified atom stereocenters. The molecule has 0 bridgehead atoms. The van der Waals surface area contributed by atoms with Crippen LogP contribution in [0.1, 0.15) is 38.6 Å². The summed E-state index contributed by atoms with van der Waals surface area (Å²) in [5.41, 5.74) is 2.43. The molecule has 1 aromatic carbocycles. The fourth-order valence-corrected chi connectivity index (χ4v) is 4.80. The Bertz CT molecular complexity index is 1350. The molecule has 5 rings (SSSR count). The van der Waals surface area contributed by atoms with Crippen LogP contribution in [0.15, 0.2) is 36.9 Å². The molecule has 1 aliphatic rings. The van der Waals surface area contributed by atoms with E-state index >= 15 is 0 Å². The molecule has 4 heterocycles. The fourth-order valence-electron chi connectivity index (χ4n) is 3.75. The predicted molar refractivity (Wildman–Crippen MR) is 124 cm³/mol. The second-order valence-corrected chi connectivity index (χ2v) is 9.84. The minimum Gasteiger partial charge on any atom is -0.492 e. The van der Waals surface area contributed by atoms with Crippen LogP contribution in [0, 0.1) is 0 Å². The van der Waals surface area contributed by atoms with Gasteiger partial charge in [-0.05, 0) is 45.4 Å². The second kappa shape index (κ2) is 7.80. The van der Waals surface area contributed by atoms with Crippen LogP contribution in [0.25, 0.3) is 33.2 Å². The van der Waals surface area contributed by atoms with Gasteiger partial charge in [0.25, 0.3) is 0 Å². The van der Waals surface area contributed by atoms with Crippen LogP contribution >= 0.6 is 11.3 Å². The number of carboxylic acid groups (broad SMARTS) is 1. The molecule has 1 N–H and O–H groups in total. The lowest BCUT2D eigenvalue weighted by atomic mass is 10.0. The summed E-state index contributed by atoms with van der Waals surface area (Å²) in [6.45, 7) is 7.93. The summed E-state index contributed by atoms with van der Waals surface area (Å²) in [7, 11) is 0. The normalized spacial score (nSPS) is 13.4. The molecule has 0 aliphatic carbocycles. The van der Waals surface area contributed by atoms with Crippen LogP contribution in [0.4, 0.5) is 0 Å². The van der Waals surface area contributed by atoms with E-state index in [0.717, 1.165) is 50.3 Å². The highest BCUT2D eigenvalue weighted by Crippen LogP contribution is 2.41. The molecule has 9 nitrogen and oxygen atoms in total. The zero-order valence-corrected chi connectivity index (χ0v) is 19.6. The maximum absolute atomic E-state index is 11.6. The van der Waals surface area contributed by atoms with E-state index in [1.54, 1.807) is 43.9 Å². The number of ether oxygens (including phenoxy) is 1. The third kappa shape index (κ3) is 3.60. The van der Waals surface area contributed by atoms with Crippen molar-refractivity contribution >= 4 is 17.3 Å². The minimum absolute atomic E-state index is 0.191. The Morgan fingerprint density at radius 2 is 2.06 bits per heavy atom. The lowest BCUT2D eigenvalue weighted by Crippen LogP contribution is -2.35. The van der Waals surface area contributed by atoms with E-state index in [9.17, 15) is 9.90 Å². The van der Waals surface area contributed by atoms with Crippen LogP contribution in [-0.4, -0.2) is 47.2 Å². The van der Waals surface area contributed by atoms with E-state index < -0.39 is 11.5 Å². The number of hydrogen-bond acceptors (Lipinski definition) is 7. The zero-order chi connectivity index (χ0) is 23.3. The van der Waals surface area contributed by atoms with Gasteiger partial charge in [-0.1, -0.05) is 6.07 Å². The average molecular weight is 465 g/mol. The summed E-state index contributed by atoms with van der Waals surface area (Å²) in [6.07, 6.45) is 5.75. The van der Waals surface area contributed by atoms with Gasteiger partial charge in [0.15, 0.2) is 16.4 Å². The smallest absolute Gasteiger partial charge is 0.331 e. The first kappa shape index (κ1) is 21.3. The molecule has 0 amide bonds. The van der Waals surface area contributed by atoms with Crippen molar-refractivity contribution in [2.24, 2.45) is 0 Å². The Hall–Kier alpha value is -3.53. The highest BCUT2D eigenvalue weighted by molar-refractivity contribution is 7.15. The SMILES string of the molecule is CC(C)n1ncnc1-c1nc2c(s1)CCOc1cc(-c3cnn(C(C)(C)C(=O)O)c3)ccc1-2. The van der Waals surface area contributed by atoms with Crippen LogP contribution in [0.3, 0.4) is 0 Å². The average Bonchev–Trinajstić information content (AvgIpc) is 3.51. The van der Waals surface area contributed by atoms with Crippen molar-refractivity contribution < 1.29 is 14.6 Å². The Labute approximate surface area is 194 Å². The molecule has 4 aromatic rings. The first-order valence-corrected chi connectivity index (χ1v) is 11.5. The summed E-state index contributed by atoms with van der Waals surface area (Å²) in [5, 5.41) is 18.9. The molecule has 33 heavy (non-hydrogen) atoms. The van der Waals surface area contributed by atoms with Crippen molar-refractivity contribution in [3.05, 3.63) is 41.8 Å². The largest absolute Gasteiger partial charge is 0.492 e. The molecular weight excluding hydrogens is 440 g/mol. The quantitative estimate of drug-likeness (QED) is 0.470. The third-order valence-corrected chi connectivity index (χ3v) is 6.90. The number of carbonyl (C=O) groups is 1. The van der Waals surface area contributed by atoms with E-state index in [-0.39, 0.29) is 6.04 Å². The number of rotatable bonds is 5. The van der Waals surface area contributed by atoms with E-state index in [1.807, 2.05) is 22.9 Å².